The number of carbonyl (C=O) groups excluding carboxylic acids is 2. The highest BCUT2D eigenvalue weighted by atomic mass is 32.2. The zero-order valence-electron chi connectivity index (χ0n) is 23.9. The standard InChI is InChI=1S/C31H35FN4O6S/c1-43(41,42)35(27-13-8-14-28(20-27)36(39)40)22-30(37)34(21-24-15-17-25(32)18-16-24)29(19-23-9-4-2-5-10-23)31(38)33-26-11-6-3-7-12-26/h2,4-5,8-10,13-18,20,26,29H,3,6-7,11-12,19,21-22H2,1H3,(H,33,38). The van der Waals surface area contributed by atoms with Crippen LogP contribution in [0.1, 0.15) is 43.2 Å². The number of hydrogen-bond donors (Lipinski definition) is 1. The molecule has 1 saturated carbocycles. The van der Waals surface area contributed by atoms with Crippen LogP contribution in [-0.2, 0) is 32.6 Å². The molecule has 3 aromatic rings. The summed E-state index contributed by atoms with van der Waals surface area (Å²) in [5.41, 5.74) is 0.940. The molecule has 0 heterocycles. The monoisotopic (exact) mass is 610 g/mol. The number of carbonyl (C=O) groups is 2. The molecule has 0 aromatic heterocycles. The number of sulfonamides is 1. The first kappa shape index (κ1) is 31.6. The van der Waals surface area contributed by atoms with Gasteiger partial charge >= 0.3 is 0 Å². The maximum atomic E-state index is 14.1. The summed E-state index contributed by atoms with van der Waals surface area (Å²) in [6.07, 6.45) is 5.77. The number of nitrogens with zero attached hydrogens (tertiary/aromatic N) is 3. The number of rotatable bonds is 12. The van der Waals surface area contributed by atoms with Gasteiger partial charge in [-0.3, -0.25) is 24.0 Å². The SMILES string of the molecule is CS(=O)(=O)N(CC(=O)N(Cc1ccc(F)cc1)C(Cc1ccccc1)C(=O)NC1CCCCC1)c1cccc([N+](=O)[O-])c1. The van der Waals surface area contributed by atoms with Crippen LogP contribution in [0.4, 0.5) is 15.8 Å². The minimum Gasteiger partial charge on any atom is -0.352 e. The van der Waals surface area contributed by atoms with E-state index in [-0.39, 0.29) is 36.3 Å². The fourth-order valence-corrected chi connectivity index (χ4v) is 6.10. The number of benzene rings is 3. The molecule has 0 aliphatic heterocycles. The van der Waals surface area contributed by atoms with E-state index in [2.05, 4.69) is 5.32 Å². The Morgan fingerprint density at radius 3 is 2.28 bits per heavy atom. The van der Waals surface area contributed by atoms with E-state index in [0.29, 0.717) is 5.56 Å². The summed E-state index contributed by atoms with van der Waals surface area (Å²) in [6.45, 7) is -0.801. The average Bonchev–Trinajstić information content (AvgIpc) is 2.99. The molecule has 1 fully saturated rings. The highest BCUT2D eigenvalue weighted by molar-refractivity contribution is 7.92. The summed E-state index contributed by atoms with van der Waals surface area (Å²) in [5, 5.41) is 14.5. The predicted molar refractivity (Wildman–Crippen MR) is 161 cm³/mol. The molecule has 1 N–H and O–H groups in total. The Morgan fingerprint density at radius 1 is 0.977 bits per heavy atom. The maximum Gasteiger partial charge on any atom is 0.271 e. The summed E-state index contributed by atoms with van der Waals surface area (Å²) < 4.78 is 40.3. The van der Waals surface area contributed by atoms with Gasteiger partial charge in [0.2, 0.25) is 21.8 Å². The molecule has 43 heavy (non-hydrogen) atoms. The molecule has 2 amide bonds. The van der Waals surface area contributed by atoms with E-state index >= 15 is 0 Å². The van der Waals surface area contributed by atoms with Gasteiger partial charge in [0.05, 0.1) is 16.9 Å². The lowest BCUT2D eigenvalue weighted by molar-refractivity contribution is -0.384. The fourth-order valence-electron chi connectivity index (χ4n) is 5.26. The zero-order valence-corrected chi connectivity index (χ0v) is 24.7. The molecule has 0 saturated heterocycles. The normalized spacial score (nSPS) is 14.5. The van der Waals surface area contributed by atoms with Gasteiger partial charge in [0.25, 0.3) is 5.69 Å². The second kappa shape index (κ2) is 14.2. The van der Waals surface area contributed by atoms with Crippen LogP contribution in [0.5, 0.6) is 0 Å². The third kappa shape index (κ3) is 8.84. The highest BCUT2D eigenvalue weighted by Crippen LogP contribution is 2.25. The Bertz CT molecular complexity index is 1530. The molecule has 0 radical (unpaired) electrons. The molecule has 1 aliphatic rings. The fraction of sp³-hybridized carbons (Fsp3) is 0.355. The van der Waals surface area contributed by atoms with Crippen LogP contribution >= 0.6 is 0 Å². The summed E-state index contributed by atoms with van der Waals surface area (Å²) in [4.78, 5) is 40.1. The first-order chi connectivity index (χ1) is 20.5. The van der Waals surface area contributed by atoms with E-state index < -0.39 is 39.3 Å². The van der Waals surface area contributed by atoms with E-state index in [1.807, 2.05) is 30.3 Å². The Hall–Kier alpha value is -4.32. The van der Waals surface area contributed by atoms with Gasteiger partial charge in [0, 0.05) is 31.1 Å². The van der Waals surface area contributed by atoms with E-state index in [9.17, 15) is 32.5 Å². The highest BCUT2D eigenvalue weighted by Gasteiger charge is 2.34. The Balaban J connectivity index is 1.73. The lowest BCUT2D eigenvalue weighted by Gasteiger charge is -2.35. The second-order valence-electron chi connectivity index (χ2n) is 10.7. The summed E-state index contributed by atoms with van der Waals surface area (Å²) in [7, 11) is -4.08. The third-order valence-electron chi connectivity index (χ3n) is 7.50. The van der Waals surface area contributed by atoms with Crippen LogP contribution < -0.4 is 9.62 Å². The zero-order chi connectivity index (χ0) is 31.0. The molecule has 12 heteroatoms. The van der Waals surface area contributed by atoms with Gasteiger partial charge in [-0.05, 0) is 42.2 Å². The molecule has 0 bridgehead atoms. The van der Waals surface area contributed by atoms with Gasteiger partial charge in [-0.1, -0.05) is 67.8 Å². The van der Waals surface area contributed by atoms with Gasteiger partial charge in [-0.25, -0.2) is 12.8 Å². The molecule has 0 spiro atoms. The topological polar surface area (TPSA) is 130 Å². The Labute approximate surface area is 250 Å². The van der Waals surface area contributed by atoms with E-state index in [0.717, 1.165) is 54.3 Å². The van der Waals surface area contributed by atoms with Gasteiger partial charge in [-0.15, -0.1) is 0 Å². The summed E-state index contributed by atoms with van der Waals surface area (Å²) in [6, 6.07) is 18.6. The van der Waals surface area contributed by atoms with Crippen LogP contribution in [0, 0.1) is 15.9 Å². The largest absolute Gasteiger partial charge is 0.352 e. The summed E-state index contributed by atoms with van der Waals surface area (Å²) in [5.74, 6) is -1.53. The number of nitrogens with one attached hydrogen (secondary N) is 1. The molecule has 1 unspecified atom stereocenters. The van der Waals surface area contributed by atoms with Crippen molar-refractivity contribution in [3.8, 4) is 0 Å². The van der Waals surface area contributed by atoms with Gasteiger partial charge in [0.15, 0.2) is 0 Å². The first-order valence-corrected chi connectivity index (χ1v) is 16.0. The number of non-ortho nitro benzene ring substituents is 1. The van der Waals surface area contributed by atoms with Crippen LogP contribution in [0.25, 0.3) is 0 Å². The van der Waals surface area contributed by atoms with E-state index in [4.69, 9.17) is 0 Å². The van der Waals surface area contributed by atoms with Crippen molar-refractivity contribution in [1.29, 1.82) is 0 Å². The third-order valence-corrected chi connectivity index (χ3v) is 8.64. The first-order valence-electron chi connectivity index (χ1n) is 14.1. The number of nitro benzene ring substituents is 1. The van der Waals surface area contributed by atoms with Gasteiger partial charge in [0.1, 0.15) is 18.4 Å². The minimum absolute atomic E-state index is 0.0420. The van der Waals surface area contributed by atoms with E-state index in [1.165, 1.54) is 47.4 Å². The average molecular weight is 611 g/mol. The van der Waals surface area contributed by atoms with Crippen LogP contribution in [0.3, 0.4) is 0 Å². The molecular weight excluding hydrogens is 575 g/mol. The second-order valence-corrected chi connectivity index (χ2v) is 12.7. The van der Waals surface area contributed by atoms with Crippen molar-refractivity contribution < 1.29 is 27.3 Å². The minimum atomic E-state index is -4.08. The smallest absolute Gasteiger partial charge is 0.271 e. The van der Waals surface area contributed by atoms with Crippen LogP contribution in [0.2, 0.25) is 0 Å². The summed E-state index contributed by atoms with van der Waals surface area (Å²) >= 11 is 0. The van der Waals surface area contributed by atoms with Crippen molar-refractivity contribution in [3.05, 3.63) is 106 Å². The predicted octanol–water partition coefficient (Wildman–Crippen LogP) is 4.59. The van der Waals surface area contributed by atoms with E-state index in [1.54, 1.807) is 0 Å². The molecule has 4 rings (SSSR count). The molecule has 1 aliphatic carbocycles. The molecule has 10 nitrogen and oxygen atoms in total. The number of nitro groups is 1. The Kier molecular flexibility index (Phi) is 10.5. The van der Waals surface area contributed by atoms with Crippen molar-refractivity contribution in [1.82, 2.24) is 10.2 Å². The quantitative estimate of drug-likeness (QED) is 0.236. The molecular formula is C31H35FN4O6S. The van der Waals surface area contributed by atoms with Crippen molar-refractivity contribution in [2.24, 2.45) is 0 Å². The number of amides is 2. The molecule has 1 atom stereocenters. The van der Waals surface area contributed by atoms with Crippen LogP contribution in [-0.4, -0.2) is 54.9 Å². The van der Waals surface area contributed by atoms with Gasteiger partial charge < -0.3 is 10.2 Å². The number of anilines is 1. The Morgan fingerprint density at radius 2 is 1.65 bits per heavy atom. The maximum absolute atomic E-state index is 14.1. The molecule has 228 valence electrons. The number of halogens is 1. The van der Waals surface area contributed by atoms with Crippen molar-refractivity contribution in [3.63, 3.8) is 0 Å². The van der Waals surface area contributed by atoms with Gasteiger partial charge in [-0.2, -0.15) is 0 Å². The molecule has 3 aromatic carbocycles. The van der Waals surface area contributed by atoms with Crippen molar-refractivity contribution >= 4 is 33.2 Å². The lowest BCUT2D eigenvalue weighted by atomic mass is 9.94. The van der Waals surface area contributed by atoms with Crippen molar-refractivity contribution in [2.45, 2.75) is 57.2 Å². The number of hydrogen-bond acceptors (Lipinski definition) is 6. The van der Waals surface area contributed by atoms with Crippen LogP contribution in [0.15, 0.2) is 78.9 Å². The van der Waals surface area contributed by atoms with Crippen molar-refractivity contribution in [2.75, 3.05) is 17.1 Å². The lowest BCUT2D eigenvalue weighted by Crippen LogP contribution is -2.55.